The topological polar surface area (TPSA) is 34.9 Å². The second kappa shape index (κ2) is 3.77. The second-order valence-electron chi connectivity index (χ2n) is 3.52. The first-order valence-corrected chi connectivity index (χ1v) is 5.48. The van der Waals surface area contributed by atoms with E-state index < -0.39 is 0 Å². The summed E-state index contributed by atoms with van der Waals surface area (Å²) < 4.78 is 2.98. The Hall–Kier alpha value is -1.16. The van der Waals surface area contributed by atoms with Gasteiger partial charge in [0, 0.05) is 17.9 Å². The lowest BCUT2D eigenvalue weighted by atomic mass is 10.1. The smallest absolute Gasteiger partial charge is 0.124 e. The minimum atomic E-state index is 0.426. The molecule has 2 aromatic rings. The number of hydrogen-bond acceptors (Lipinski definition) is 2. The molecule has 1 heterocycles. The molecule has 1 aromatic heterocycles. The lowest BCUT2D eigenvalue weighted by Crippen LogP contribution is -1.95. The number of hydrogen-bond donors (Lipinski definition) is 0. The maximum absolute atomic E-state index is 10.6. The van der Waals surface area contributed by atoms with Gasteiger partial charge in [-0.1, -0.05) is 15.9 Å². The fourth-order valence-corrected chi connectivity index (χ4v) is 2.26. The first-order valence-electron chi connectivity index (χ1n) is 4.68. The number of aldehydes is 1. The lowest BCUT2D eigenvalue weighted by Gasteiger charge is -2.03. The Labute approximate surface area is 96.2 Å². The quantitative estimate of drug-likeness (QED) is 0.783. The summed E-state index contributed by atoms with van der Waals surface area (Å²) >= 11 is 3.42. The van der Waals surface area contributed by atoms with Gasteiger partial charge in [-0.15, -0.1) is 0 Å². The monoisotopic (exact) mass is 266 g/mol. The van der Waals surface area contributed by atoms with Crippen LogP contribution in [0.15, 0.2) is 16.6 Å². The fraction of sp³-hybridized carbons (Fsp3) is 0.273. The van der Waals surface area contributed by atoms with E-state index in [1.54, 1.807) is 0 Å². The second-order valence-corrected chi connectivity index (χ2v) is 4.44. The highest BCUT2D eigenvalue weighted by molar-refractivity contribution is 9.10. The van der Waals surface area contributed by atoms with Gasteiger partial charge in [0.2, 0.25) is 0 Å². The van der Waals surface area contributed by atoms with Crippen molar-refractivity contribution in [2.45, 2.75) is 13.3 Å². The molecule has 0 radical (unpaired) electrons. The number of rotatable bonds is 2. The molecule has 3 nitrogen and oxygen atoms in total. The molecule has 0 aliphatic carbocycles. The Bertz CT molecular complexity index is 531. The van der Waals surface area contributed by atoms with Crippen LogP contribution in [0.4, 0.5) is 0 Å². The summed E-state index contributed by atoms with van der Waals surface area (Å²) in [5.41, 5.74) is 2.99. The Morgan fingerprint density at radius 2 is 2.27 bits per heavy atom. The summed E-state index contributed by atoms with van der Waals surface area (Å²) in [6.07, 6.45) is 1.35. The predicted octanol–water partition coefficient (Wildman–Crippen LogP) is 2.39. The van der Waals surface area contributed by atoms with Gasteiger partial charge in [0.05, 0.1) is 11.0 Å². The molecule has 0 bridgehead atoms. The standard InChI is InChI=1S/C11H11BrN2O/c1-7-13-10-6-9(12)5-8(3-4-15)11(10)14(7)2/h4-6H,3H2,1-2H3. The molecule has 78 valence electrons. The summed E-state index contributed by atoms with van der Waals surface area (Å²) in [4.78, 5) is 15.0. The average molecular weight is 267 g/mol. The number of aromatic nitrogens is 2. The van der Waals surface area contributed by atoms with Crippen molar-refractivity contribution in [3.63, 3.8) is 0 Å². The molecule has 15 heavy (non-hydrogen) atoms. The van der Waals surface area contributed by atoms with Gasteiger partial charge < -0.3 is 9.36 Å². The molecule has 0 aliphatic heterocycles. The minimum absolute atomic E-state index is 0.426. The molecule has 0 aliphatic rings. The summed E-state index contributed by atoms with van der Waals surface area (Å²) in [7, 11) is 1.97. The van der Waals surface area contributed by atoms with Crippen LogP contribution in [0.3, 0.4) is 0 Å². The number of imidazole rings is 1. The molecule has 1 aromatic carbocycles. The molecule has 0 amide bonds. The Morgan fingerprint density at radius 3 is 2.93 bits per heavy atom. The van der Waals surface area contributed by atoms with E-state index in [0.717, 1.165) is 33.2 Å². The van der Waals surface area contributed by atoms with Gasteiger partial charge in [-0.2, -0.15) is 0 Å². The molecule has 0 N–H and O–H groups in total. The highest BCUT2D eigenvalue weighted by atomic mass is 79.9. The lowest BCUT2D eigenvalue weighted by molar-refractivity contribution is -0.107. The van der Waals surface area contributed by atoms with Crippen molar-refractivity contribution in [3.8, 4) is 0 Å². The van der Waals surface area contributed by atoms with Crippen LogP contribution >= 0.6 is 15.9 Å². The van der Waals surface area contributed by atoms with Crippen molar-refractivity contribution in [2.75, 3.05) is 0 Å². The molecule has 2 rings (SSSR count). The number of carbonyl (C=O) groups is 1. The van der Waals surface area contributed by atoms with Crippen molar-refractivity contribution in [1.82, 2.24) is 9.55 Å². The first-order chi connectivity index (χ1) is 7.13. The van der Waals surface area contributed by atoms with Crippen molar-refractivity contribution in [2.24, 2.45) is 7.05 Å². The summed E-state index contributed by atoms with van der Waals surface area (Å²) in [6.45, 7) is 1.96. The number of carbonyl (C=O) groups excluding carboxylic acids is 1. The van der Waals surface area contributed by atoms with Crippen LogP contribution in [-0.2, 0) is 18.3 Å². The third-order valence-corrected chi connectivity index (χ3v) is 3.00. The van der Waals surface area contributed by atoms with E-state index >= 15 is 0 Å². The molecule has 4 heteroatoms. The van der Waals surface area contributed by atoms with Crippen molar-refractivity contribution < 1.29 is 4.79 Å². The van der Waals surface area contributed by atoms with Crippen molar-refractivity contribution in [3.05, 3.63) is 28.0 Å². The Morgan fingerprint density at radius 1 is 1.53 bits per heavy atom. The third kappa shape index (κ3) is 1.69. The van der Waals surface area contributed by atoms with Crippen LogP contribution in [0.2, 0.25) is 0 Å². The van der Waals surface area contributed by atoms with Gasteiger partial charge in [-0.25, -0.2) is 4.98 Å². The largest absolute Gasteiger partial charge is 0.331 e. The van der Waals surface area contributed by atoms with Crippen molar-refractivity contribution in [1.29, 1.82) is 0 Å². The number of fused-ring (bicyclic) bond motifs is 1. The van der Waals surface area contributed by atoms with Crippen LogP contribution in [0.1, 0.15) is 11.4 Å². The minimum Gasteiger partial charge on any atom is -0.331 e. The van der Waals surface area contributed by atoms with Crippen LogP contribution < -0.4 is 0 Å². The van der Waals surface area contributed by atoms with Crippen LogP contribution in [0, 0.1) is 6.92 Å². The molecule has 0 saturated carbocycles. The predicted molar refractivity (Wildman–Crippen MR) is 62.9 cm³/mol. The van der Waals surface area contributed by atoms with Crippen LogP contribution in [0.5, 0.6) is 0 Å². The molecular formula is C11H11BrN2O. The number of benzene rings is 1. The maximum Gasteiger partial charge on any atom is 0.124 e. The zero-order valence-electron chi connectivity index (χ0n) is 8.62. The van der Waals surface area contributed by atoms with E-state index in [1.807, 2.05) is 30.7 Å². The number of aryl methyl sites for hydroxylation is 2. The van der Waals surface area contributed by atoms with Gasteiger partial charge in [0.1, 0.15) is 12.1 Å². The summed E-state index contributed by atoms with van der Waals surface area (Å²) in [5.74, 6) is 0.954. The summed E-state index contributed by atoms with van der Waals surface area (Å²) in [5, 5.41) is 0. The van der Waals surface area contributed by atoms with Gasteiger partial charge >= 0.3 is 0 Å². The van der Waals surface area contributed by atoms with E-state index in [4.69, 9.17) is 0 Å². The van der Waals surface area contributed by atoms with E-state index in [1.165, 1.54) is 0 Å². The molecule has 0 saturated heterocycles. The highest BCUT2D eigenvalue weighted by Crippen LogP contribution is 2.24. The number of nitrogens with zero attached hydrogens (tertiary/aromatic N) is 2. The van der Waals surface area contributed by atoms with Gasteiger partial charge in [0.25, 0.3) is 0 Å². The molecule has 0 atom stereocenters. The SMILES string of the molecule is Cc1nc2cc(Br)cc(CC=O)c2n1C. The van der Waals surface area contributed by atoms with Crippen LogP contribution in [0.25, 0.3) is 11.0 Å². The Balaban J connectivity index is 2.81. The molecule has 0 spiro atoms. The van der Waals surface area contributed by atoms with Gasteiger partial charge in [-0.3, -0.25) is 0 Å². The highest BCUT2D eigenvalue weighted by Gasteiger charge is 2.09. The molecular weight excluding hydrogens is 256 g/mol. The maximum atomic E-state index is 10.6. The van der Waals surface area contributed by atoms with Crippen molar-refractivity contribution >= 4 is 33.2 Å². The zero-order valence-corrected chi connectivity index (χ0v) is 10.2. The van der Waals surface area contributed by atoms with Crippen LogP contribution in [-0.4, -0.2) is 15.8 Å². The molecule has 0 unspecified atom stereocenters. The third-order valence-electron chi connectivity index (χ3n) is 2.54. The average Bonchev–Trinajstić information content (AvgIpc) is 2.42. The van der Waals surface area contributed by atoms with Gasteiger partial charge in [-0.05, 0) is 24.6 Å². The number of halogens is 1. The zero-order chi connectivity index (χ0) is 11.0. The Kier molecular flexibility index (Phi) is 2.61. The molecule has 0 fully saturated rings. The van der Waals surface area contributed by atoms with E-state index in [2.05, 4.69) is 20.9 Å². The normalized spacial score (nSPS) is 10.9. The van der Waals surface area contributed by atoms with E-state index in [0.29, 0.717) is 6.42 Å². The van der Waals surface area contributed by atoms with E-state index in [-0.39, 0.29) is 0 Å². The fourth-order valence-electron chi connectivity index (χ4n) is 1.77. The van der Waals surface area contributed by atoms with E-state index in [9.17, 15) is 4.79 Å². The summed E-state index contributed by atoms with van der Waals surface area (Å²) in [6, 6.07) is 3.94. The van der Waals surface area contributed by atoms with Gasteiger partial charge in [0.15, 0.2) is 0 Å². The first kappa shape index (κ1) is 10.4.